The van der Waals surface area contributed by atoms with Crippen molar-refractivity contribution in [1.82, 2.24) is 5.01 Å². The van der Waals surface area contributed by atoms with Crippen LogP contribution in [0.5, 0.6) is 5.75 Å². The van der Waals surface area contributed by atoms with E-state index in [1.807, 2.05) is 14.1 Å². The van der Waals surface area contributed by atoms with E-state index >= 15 is 0 Å². The number of allylic oxidation sites excluding steroid dienone is 3. The Morgan fingerprint density at radius 3 is 2.46 bits per heavy atom. The normalized spacial score (nSPS) is 18.8. The van der Waals surface area contributed by atoms with Crippen LogP contribution in [-0.2, 0) is 4.79 Å². The molecule has 0 aromatic heterocycles. The van der Waals surface area contributed by atoms with Crippen LogP contribution in [0.1, 0.15) is 24.8 Å². The minimum Gasteiger partial charge on any atom is -0.435 e. The number of halogens is 2. The quantitative estimate of drug-likeness (QED) is 0.466. The zero-order valence-corrected chi connectivity index (χ0v) is 13.7. The zero-order valence-electron chi connectivity index (χ0n) is 13.7. The molecule has 128 valence electrons. The van der Waals surface area contributed by atoms with Crippen molar-refractivity contribution in [3.8, 4) is 5.75 Å². The molecule has 0 N–H and O–H groups in total. The van der Waals surface area contributed by atoms with Gasteiger partial charge in [-0.2, -0.15) is 13.9 Å². The third-order valence-corrected chi connectivity index (χ3v) is 3.50. The molecule has 1 aliphatic rings. The highest BCUT2D eigenvalue weighted by Crippen LogP contribution is 2.26. The standard InChI is InChI=1S/C18H20F2N2O2/c1-22(2)21-11-10-14-4-3-5-15(17(14)23)12-13-6-8-16(9-7-13)24-18(19)20/h6-12,18H,3-5H2,1-2H3. The van der Waals surface area contributed by atoms with Crippen molar-refractivity contribution in [3.63, 3.8) is 0 Å². The predicted molar refractivity (Wildman–Crippen MR) is 90.2 cm³/mol. The molecule has 1 aliphatic carbocycles. The third-order valence-electron chi connectivity index (χ3n) is 3.50. The summed E-state index contributed by atoms with van der Waals surface area (Å²) < 4.78 is 28.6. The maximum atomic E-state index is 12.5. The first-order valence-electron chi connectivity index (χ1n) is 7.66. The first-order valence-corrected chi connectivity index (χ1v) is 7.66. The summed E-state index contributed by atoms with van der Waals surface area (Å²) in [6, 6.07) is 6.24. The van der Waals surface area contributed by atoms with E-state index in [-0.39, 0.29) is 11.5 Å². The number of rotatable bonds is 5. The highest BCUT2D eigenvalue weighted by atomic mass is 19.3. The van der Waals surface area contributed by atoms with E-state index in [0.29, 0.717) is 12.0 Å². The van der Waals surface area contributed by atoms with Crippen molar-refractivity contribution in [1.29, 1.82) is 0 Å². The van der Waals surface area contributed by atoms with Crippen LogP contribution in [0.15, 0.2) is 46.6 Å². The van der Waals surface area contributed by atoms with Gasteiger partial charge in [0.1, 0.15) is 5.75 Å². The van der Waals surface area contributed by atoms with Gasteiger partial charge in [-0.3, -0.25) is 4.79 Å². The summed E-state index contributed by atoms with van der Waals surface area (Å²) in [6.07, 6.45) is 7.49. The van der Waals surface area contributed by atoms with Gasteiger partial charge in [0.2, 0.25) is 0 Å². The largest absolute Gasteiger partial charge is 0.435 e. The maximum Gasteiger partial charge on any atom is 0.387 e. The lowest BCUT2D eigenvalue weighted by Gasteiger charge is -2.16. The molecule has 0 radical (unpaired) electrons. The van der Waals surface area contributed by atoms with Gasteiger partial charge in [-0.05, 0) is 49.1 Å². The average molecular weight is 334 g/mol. The van der Waals surface area contributed by atoms with Crippen LogP contribution in [0.25, 0.3) is 6.08 Å². The van der Waals surface area contributed by atoms with Gasteiger partial charge in [-0.1, -0.05) is 12.1 Å². The smallest absolute Gasteiger partial charge is 0.387 e. The molecule has 4 nitrogen and oxygen atoms in total. The molecule has 0 heterocycles. The summed E-state index contributed by atoms with van der Waals surface area (Å²) in [5.41, 5.74) is 2.23. The van der Waals surface area contributed by atoms with Gasteiger partial charge in [0.05, 0.1) is 0 Å². The van der Waals surface area contributed by atoms with Gasteiger partial charge in [0.15, 0.2) is 5.78 Å². The number of ketones is 1. The van der Waals surface area contributed by atoms with Gasteiger partial charge >= 0.3 is 6.61 Å². The summed E-state index contributed by atoms with van der Waals surface area (Å²) in [7, 11) is 3.62. The Morgan fingerprint density at radius 1 is 1.17 bits per heavy atom. The van der Waals surface area contributed by atoms with Crippen molar-refractivity contribution < 1.29 is 18.3 Å². The molecule has 24 heavy (non-hydrogen) atoms. The molecule has 0 amide bonds. The number of Topliss-reactive ketones (excluding diaryl/α,β-unsaturated/α-hetero) is 1. The molecule has 0 spiro atoms. The van der Waals surface area contributed by atoms with E-state index in [4.69, 9.17) is 0 Å². The van der Waals surface area contributed by atoms with Crippen molar-refractivity contribution in [2.75, 3.05) is 14.1 Å². The number of ether oxygens (including phenoxy) is 1. The molecule has 0 atom stereocenters. The number of hydrazone groups is 1. The minimum absolute atomic E-state index is 0.0133. The molecular formula is C18H20F2N2O2. The first kappa shape index (κ1) is 17.8. The van der Waals surface area contributed by atoms with Crippen molar-refractivity contribution in [3.05, 3.63) is 47.1 Å². The Hall–Kier alpha value is -2.50. The molecule has 6 heteroatoms. The maximum absolute atomic E-state index is 12.5. The van der Waals surface area contributed by atoms with Gasteiger partial charge < -0.3 is 9.75 Å². The number of benzene rings is 1. The number of hydrogen-bond donors (Lipinski definition) is 0. The summed E-state index contributed by atoms with van der Waals surface area (Å²) in [5, 5.41) is 5.74. The molecular weight excluding hydrogens is 314 g/mol. The topological polar surface area (TPSA) is 41.9 Å². The van der Waals surface area contributed by atoms with Gasteiger partial charge in [-0.15, -0.1) is 0 Å². The minimum atomic E-state index is -2.84. The molecule has 1 aromatic carbocycles. The molecule has 0 bridgehead atoms. The summed E-state index contributed by atoms with van der Waals surface area (Å²) in [5.74, 6) is 0.113. The highest BCUT2D eigenvalue weighted by molar-refractivity contribution is 6.13. The SMILES string of the molecule is CN(C)N=CC=C1CCCC(=Cc2ccc(OC(F)F)cc2)C1=O. The Bertz CT molecular complexity index is 662. The van der Waals surface area contributed by atoms with Crippen molar-refractivity contribution in [2.45, 2.75) is 25.9 Å². The lowest BCUT2D eigenvalue weighted by molar-refractivity contribution is -0.112. The number of nitrogens with zero attached hydrogens (tertiary/aromatic N) is 2. The van der Waals surface area contributed by atoms with E-state index in [9.17, 15) is 13.6 Å². The second-order valence-corrected chi connectivity index (χ2v) is 5.60. The fourth-order valence-corrected chi connectivity index (χ4v) is 2.40. The van der Waals surface area contributed by atoms with Crippen LogP contribution in [0.4, 0.5) is 8.78 Å². The van der Waals surface area contributed by atoms with Crippen LogP contribution in [0.2, 0.25) is 0 Å². The second kappa shape index (κ2) is 8.38. The number of carbonyl (C=O) groups is 1. The zero-order chi connectivity index (χ0) is 17.5. The predicted octanol–water partition coefficient (Wildman–Crippen LogP) is 3.90. The van der Waals surface area contributed by atoms with Crippen LogP contribution < -0.4 is 4.74 Å². The first-order chi connectivity index (χ1) is 11.5. The van der Waals surface area contributed by atoms with E-state index in [1.165, 1.54) is 12.1 Å². The molecule has 1 aromatic rings. The molecule has 2 rings (SSSR count). The Balaban J connectivity index is 2.12. The van der Waals surface area contributed by atoms with E-state index < -0.39 is 6.61 Å². The highest BCUT2D eigenvalue weighted by Gasteiger charge is 2.19. The molecule has 1 fully saturated rings. The average Bonchev–Trinajstić information content (AvgIpc) is 2.52. The number of alkyl halides is 2. The fourth-order valence-electron chi connectivity index (χ4n) is 2.40. The Morgan fingerprint density at radius 2 is 1.83 bits per heavy atom. The van der Waals surface area contributed by atoms with Crippen molar-refractivity contribution in [2.24, 2.45) is 5.10 Å². The van der Waals surface area contributed by atoms with Crippen LogP contribution in [-0.4, -0.2) is 37.7 Å². The van der Waals surface area contributed by atoms with Crippen molar-refractivity contribution >= 4 is 18.1 Å². The second-order valence-electron chi connectivity index (χ2n) is 5.60. The van der Waals surface area contributed by atoms with Crippen LogP contribution >= 0.6 is 0 Å². The van der Waals surface area contributed by atoms with Gasteiger partial charge in [0.25, 0.3) is 0 Å². The van der Waals surface area contributed by atoms with E-state index in [0.717, 1.165) is 24.0 Å². The lowest BCUT2D eigenvalue weighted by atomic mass is 9.87. The van der Waals surface area contributed by atoms with E-state index in [2.05, 4.69) is 9.84 Å². The Kier molecular flexibility index (Phi) is 6.23. The summed E-state index contributed by atoms with van der Waals surface area (Å²) in [4.78, 5) is 12.5. The Labute approximate surface area is 140 Å². The fraction of sp³-hybridized carbons (Fsp3) is 0.333. The molecule has 1 saturated carbocycles. The molecule has 0 unspecified atom stereocenters. The number of hydrogen-bond acceptors (Lipinski definition) is 4. The number of carbonyl (C=O) groups excluding carboxylic acids is 1. The third kappa shape index (κ3) is 5.30. The van der Waals surface area contributed by atoms with Crippen LogP contribution in [0, 0.1) is 0 Å². The summed E-state index contributed by atoms with van der Waals surface area (Å²) >= 11 is 0. The van der Waals surface area contributed by atoms with Gasteiger partial charge in [0, 0.05) is 31.5 Å². The summed E-state index contributed by atoms with van der Waals surface area (Å²) in [6.45, 7) is -2.84. The van der Waals surface area contributed by atoms with Gasteiger partial charge in [-0.25, -0.2) is 0 Å². The molecule has 0 saturated heterocycles. The van der Waals surface area contributed by atoms with E-state index in [1.54, 1.807) is 35.5 Å². The molecule has 0 aliphatic heterocycles. The van der Waals surface area contributed by atoms with Crippen LogP contribution in [0.3, 0.4) is 0 Å². The monoisotopic (exact) mass is 334 g/mol. The lowest BCUT2D eigenvalue weighted by Crippen LogP contribution is -2.12.